The normalized spacial score (nSPS) is 15.4. The average Bonchev–Trinajstić information content (AvgIpc) is 3.48. The molecule has 1 atom stereocenters. The fourth-order valence-corrected chi connectivity index (χ4v) is 4.27. The Balaban J connectivity index is 1.47. The number of likely N-dealkylation sites (tertiary alicyclic amines) is 1. The first-order valence-corrected chi connectivity index (χ1v) is 10.7. The van der Waals surface area contributed by atoms with Crippen molar-refractivity contribution in [1.29, 1.82) is 0 Å². The van der Waals surface area contributed by atoms with Crippen molar-refractivity contribution in [2.24, 2.45) is 0 Å². The van der Waals surface area contributed by atoms with Crippen molar-refractivity contribution in [3.05, 3.63) is 76.5 Å². The van der Waals surface area contributed by atoms with E-state index in [0.29, 0.717) is 18.7 Å². The zero-order valence-corrected chi connectivity index (χ0v) is 18.0. The highest BCUT2D eigenvalue weighted by molar-refractivity contribution is 5.96. The summed E-state index contributed by atoms with van der Waals surface area (Å²) in [6, 6.07) is 12.4. The lowest BCUT2D eigenvalue weighted by molar-refractivity contribution is 0.0932. The standard InChI is InChI=1S/C24H30N4O2/c1-17-8-10-20(11-9-17)16-28-19(3)23(18(2)26-28)24(29)25-15-21(22-7-6-14-30-22)27-12-4-5-13-27/h6-11,14,21H,4-5,12-13,15-16H2,1-3H3,(H,25,29). The van der Waals surface area contributed by atoms with Crippen molar-refractivity contribution in [2.45, 2.75) is 46.2 Å². The van der Waals surface area contributed by atoms with Gasteiger partial charge in [0.25, 0.3) is 5.91 Å². The quantitative estimate of drug-likeness (QED) is 0.644. The number of carbonyl (C=O) groups excluding carboxylic acids is 1. The van der Waals surface area contributed by atoms with Gasteiger partial charge in [-0.25, -0.2) is 0 Å². The molecule has 1 saturated heterocycles. The second kappa shape index (κ2) is 8.88. The Kier molecular flexibility index (Phi) is 6.04. The SMILES string of the molecule is Cc1ccc(Cn2nc(C)c(C(=O)NCC(c3ccco3)N3CCCC3)c2C)cc1. The van der Waals surface area contributed by atoms with Crippen LogP contribution in [0.3, 0.4) is 0 Å². The van der Waals surface area contributed by atoms with Gasteiger partial charge in [0, 0.05) is 12.2 Å². The molecule has 4 rings (SSSR count). The number of hydrogen-bond donors (Lipinski definition) is 1. The van der Waals surface area contributed by atoms with E-state index in [0.717, 1.165) is 30.2 Å². The first-order chi connectivity index (χ1) is 14.5. The zero-order chi connectivity index (χ0) is 21.1. The molecule has 1 fully saturated rings. The molecule has 3 aromatic rings. The maximum Gasteiger partial charge on any atom is 0.255 e. The smallest absolute Gasteiger partial charge is 0.255 e. The van der Waals surface area contributed by atoms with E-state index in [-0.39, 0.29) is 11.9 Å². The molecule has 0 radical (unpaired) electrons. The highest BCUT2D eigenvalue weighted by atomic mass is 16.3. The Morgan fingerprint density at radius 3 is 2.53 bits per heavy atom. The predicted molar refractivity (Wildman–Crippen MR) is 117 cm³/mol. The van der Waals surface area contributed by atoms with Crippen LogP contribution in [0.5, 0.6) is 0 Å². The van der Waals surface area contributed by atoms with Crippen LogP contribution in [0, 0.1) is 20.8 Å². The highest BCUT2D eigenvalue weighted by Crippen LogP contribution is 2.25. The molecular weight excluding hydrogens is 376 g/mol. The molecule has 1 amide bonds. The van der Waals surface area contributed by atoms with Crippen LogP contribution in [0.25, 0.3) is 0 Å². The van der Waals surface area contributed by atoms with Crippen LogP contribution in [0.1, 0.15) is 57.5 Å². The van der Waals surface area contributed by atoms with Crippen LogP contribution >= 0.6 is 0 Å². The third-order valence-corrected chi connectivity index (χ3v) is 5.97. The number of hydrogen-bond acceptors (Lipinski definition) is 4. The third-order valence-electron chi connectivity index (χ3n) is 5.97. The maximum absolute atomic E-state index is 13.1. The van der Waals surface area contributed by atoms with Crippen molar-refractivity contribution >= 4 is 5.91 Å². The Labute approximate surface area is 177 Å². The number of nitrogens with one attached hydrogen (secondary N) is 1. The van der Waals surface area contributed by atoms with E-state index in [1.807, 2.05) is 30.7 Å². The van der Waals surface area contributed by atoms with E-state index < -0.39 is 0 Å². The minimum atomic E-state index is -0.0732. The molecule has 1 unspecified atom stereocenters. The predicted octanol–water partition coefficient (Wildman–Crippen LogP) is 4.02. The number of benzene rings is 1. The lowest BCUT2D eigenvalue weighted by Gasteiger charge is -2.26. The zero-order valence-electron chi connectivity index (χ0n) is 18.0. The number of aromatic nitrogens is 2. The molecule has 1 N–H and O–H groups in total. The Morgan fingerprint density at radius 2 is 1.87 bits per heavy atom. The van der Waals surface area contributed by atoms with Gasteiger partial charge in [0.05, 0.1) is 30.1 Å². The molecule has 0 saturated carbocycles. The second-order valence-electron chi connectivity index (χ2n) is 8.17. The van der Waals surface area contributed by atoms with Gasteiger partial charge in [0.15, 0.2) is 0 Å². The van der Waals surface area contributed by atoms with Gasteiger partial charge in [-0.2, -0.15) is 5.10 Å². The molecule has 0 bridgehead atoms. The van der Waals surface area contributed by atoms with Crippen LogP contribution in [-0.2, 0) is 6.54 Å². The summed E-state index contributed by atoms with van der Waals surface area (Å²) >= 11 is 0. The van der Waals surface area contributed by atoms with E-state index in [2.05, 4.69) is 46.5 Å². The van der Waals surface area contributed by atoms with Crippen LogP contribution in [0.15, 0.2) is 47.1 Å². The van der Waals surface area contributed by atoms with Gasteiger partial charge in [-0.3, -0.25) is 14.4 Å². The van der Waals surface area contributed by atoms with Crippen molar-refractivity contribution < 1.29 is 9.21 Å². The molecule has 0 spiro atoms. The first-order valence-electron chi connectivity index (χ1n) is 10.7. The molecule has 30 heavy (non-hydrogen) atoms. The Morgan fingerprint density at radius 1 is 1.13 bits per heavy atom. The summed E-state index contributed by atoms with van der Waals surface area (Å²) < 4.78 is 7.58. The molecule has 1 aliphatic rings. The van der Waals surface area contributed by atoms with Gasteiger partial charge < -0.3 is 9.73 Å². The van der Waals surface area contributed by atoms with Crippen molar-refractivity contribution in [3.8, 4) is 0 Å². The second-order valence-corrected chi connectivity index (χ2v) is 8.17. The summed E-state index contributed by atoms with van der Waals surface area (Å²) in [6.45, 7) is 9.19. The molecule has 1 aliphatic heterocycles. The highest BCUT2D eigenvalue weighted by Gasteiger charge is 2.27. The summed E-state index contributed by atoms with van der Waals surface area (Å²) in [6.07, 6.45) is 4.08. The topological polar surface area (TPSA) is 63.3 Å². The van der Waals surface area contributed by atoms with Gasteiger partial charge in [-0.15, -0.1) is 0 Å². The summed E-state index contributed by atoms with van der Waals surface area (Å²) in [5.41, 5.74) is 4.72. The van der Waals surface area contributed by atoms with E-state index >= 15 is 0 Å². The third kappa shape index (κ3) is 4.33. The number of furan rings is 1. The number of amides is 1. The van der Waals surface area contributed by atoms with Crippen LogP contribution in [0.4, 0.5) is 0 Å². The van der Waals surface area contributed by atoms with Gasteiger partial charge in [0.1, 0.15) is 5.76 Å². The monoisotopic (exact) mass is 406 g/mol. The van der Waals surface area contributed by atoms with Gasteiger partial charge in [0.2, 0.25) is 0 Å². The molecule has 6 heteroatoms. The number of carbonyl (C=O) groups is 1. The van der Waals surface area contributed by atoms with E-state index in [1.54, 1.807) is 6.26 Å². The molecule has 2 aromatic heterocycles. The van der Waals surface area contributed by atoms with Gasteiger partial charge in [-0.1, -0.05) is 29.8 Å². The van der Waals surface area contributed by atoms with Crippen LogP contribution < -0.4 is 5.32 Å². The lowest BCUT2D eigenvalue weighted by atomic mass is 10.1. The molecule has 3 heterocycles. The van der Waals surface area contributed by atoms with Crippen molar-refractivity contribution in [3.63, 3.8) is 0 Å². The number of nitrogens with zero attached hydrogens (tertiary/aromatic N) is 3. The fraction of sp³-hybridized carbons (Fsp3) is 0.417. The van der Waals surface area contributed by atoms with E-state index in [4.69, 9.17) is 4.42 Å². The molecule has 0 aliphatic carbocycles. The summed E-state index contributed by atoms with van der Waals surface area (Å²) in [7, 11) is 0. The van der Waals surface area contributed by atoms with Crippen LogP contribution in [0.2, 0.25) is 0 Å². The summed E-state index contributed by atoms with van der Waals surface area (Å²) in [4.78, 5) is 15.5. The molecular formula is C24H30N4O2. The van der Waals surface area contributed by atoms with Crippen molar-refractivity contribution in [1.82, 2.24) is 20.0 Å². The molecule has 158 valence electrons. The Bertz CT molecular complexity index is 983. The minimum absolute atomic E-state index is 0.0645. The fourth-order valence-electron chi connectivity index (χ4n) is 4.27. The van der Waals surface area contributed by atoms with Crippen molar-refractivity contribution in [2.75, 3.05) is 19.6 Å². The minimum Gasteiger partial charge on any atom is -0.468 e. The average molecular weight is 407 g/mol. The largest absolute Gasteiger partial charge is 0.468 e. The molecule has 6 nitrogen and oxygen atoms in total. The van der Waals surface area contributed by atoms with Gasteiger partial charge >= 0.3 is 0 Å². The van der Waals surface area contributed by atoms with Crippen LogP contribution in [-0.4, -0.2) is 40.2 Å². The Hall–Kier alpha value is -2.86. The lowest BCUT2D eigenvalue weighted by Crippen LogP contribution is -2.37. The summed E-state index contributed by atoms with van der Waals surface area (Å²) in [5.74, 6) is 0.830. The molecule has 1 aromatic carbocycles. The van der Waals surface area contributed by atoms with E-state index in [9.17, 15) is 4.79 Å². The number of aryl methyl sites for hydroxylation is 2. The summed E-state index contributed by atoms with van der Waals surface area (Å²) in [5, 5.41) is 7.77. The maximum atomic E-state index is 13.1. The number of rotatable bonds is 7. The van der Waals surface area contributed by atoms with E-state index in [1.165, 1.54) is 24.0 Å². The van der Waals surface area contributed by atoms with Gasteiger partial charge in [-0.05, 0) is 64.4 Å². The first kappa shape index (κ1) is 20.4.